The normalized spacial score (nSPS) is 15.5. The van der Waals surface area contributed by atoms with E-state index in [0.29, 0.717) is 24.5 Å². The molecule has 0 aromatic heterocycles. The summed E-state index contributed by atoms with van der Waals surface area (Å²) in [6.45, 7) is 0.545. The van der Waals surface area contributed by atoms with Crippen LogP contribution in [-0.2, 0) is 24.8 Å². The summed E-state index contributed by atoms with van der Waals surface area (Å²) in [7, 11) is -5.95. The number of hydrogen-bond acceptors (Lipinski definition) is 6. The highest BCUT2D eigenvalue weighted by atomic mass is 32.2. The molecule has 2 aromatic rings. The van der Waals surface area contributed by atoms with Gasteiger partial charge in [-0.15, -0.1) is 0 Å². The van der Waals surface area contributed by atoms with Gasteiger partial charge in [0, 0.05) is 18.8 Å². The van der Waals surface area contributed by atoms with Crippen molar-refractivity contribution in [3.8, 4) is 5.75 Å². The van der Waals surface area contributed by atoms with Crippen molar-refractivity contribution in [3.05, 3.63) is 48.5 Å². The number of sulfonamides is 2. The Kier molecular flexibility index (Phi) is 7.98. The lowest BCUT2D eigenvalue weighted by Gasteiger charge is -2.23. The van der Waals surface area contributed by atoms with E-state index in [9.17, 15) is 21.6 Å². The molecule has 180 valence electrons. The molecule has 1 heterocycles. The van der Waals surface area contributed by atoms with Crippen molar-refractivity contribution in [1.82, 2.24) is 4.31 Å². The molecule has 1 aliphatic heterocycles. The van der Waals surface area contributed by atoms with Gasteiger partial charge in [-0.2, -0.15) is 4.31 Å². The van der Waals surface area contributed by atoms with Crippen LogP contribution in [0.5, 0.6) is 5.75 Å². The average Bonchev–Trinajstić information content (AvgIpc) is 3.07. The fourth-order valence-corrected chi connectivity index (χ4v) is 6.07. The molecular formula is C22H29N3O6S2. The van der Waals surface area contributed by atoms with Crippen LogP contribution in [0.15, 0.2) is 53.4 Å². The molecule has 3 rings (SSSR count). The molecule has 0 unspecified atom stereocenters. The van der Waals surface area contributed by atoms with Crippen LogP contribution in [0, 0.1) is 0 Å². The fourth-order valence-electron chi connectivity index (χ4n) is 3.69. The number of methoxy groups -OCH3 is 1. The monoisotopic (exact) mass is 495 g/mol. The smallest absolute Gasteiger partial charge is 0.245 e. The lowest BCUT2D eigenvalue weighted by atomic mass is 10.2. The number of carbonyl (C=O) groups is 1. The molecule has 0 aliphatic carbocycles. The van der Waals surface area contributed by atoms with E-state index in [4.69, 9.17) is 4.74 Å². The molecule has 0 radical (unpaired) electrons. The topological polar surface area (TPSA) is 113 Å². The predicted molar refractivity (Wildman–Crippen MR) is 127 cm³/mol. The number of anilines is 2. The zero-order chi connectivity index (χ0) is 24.1. The van der Waals surface area contributed by atoms with Gasteiger partial charge in [0.05, 0.1) is 23.9 Å². The molecule has 1 fully saturated rings. The van der Waals surface area contributed by atoms with Crippen LogP contribution in [-0.4, -0.2) is 60.0 Å². The first-order chi connectivity index (χ1) is 15.6. The Morgan fingerprint density at radius 1 is 0.970 bits per heavy atom. The Morgan fingerprint density at radius 2 is 1.58 bits per heavy atom. The van der Waals surface area contributed by atoms with Crippen LogP contribution in [0.2, 0.25) is 0 Å². The van der Waals surface area contributed by atoms with E-state index in [1.807, 2.05) is 0 Å². The lowest BCUT2D eigenvalue weighted by Crippen LogP contribution is -2.37. The maximum Gasteiger partial charge on any atom is 0.245 e. The summed E-state index contributed by atoms with van der Waals surface area (Å²) in [6, 6.07) is 12.4. The van der Waals surface area contributed by atoms with E-state index in [1.54, 1.807) is 24.3 Å². The van der Waals surface area contributed by atoms with Crippen LogP contribution in [0.25, 0.3) is 0 Å². The van der Waals surface area contributed by atoms with Crippen molar-refractivity contribution in [2.24, 2.45) is 0 Å². The fraction of sp³-hybridized carbons (Fsp3) is 0.409. The number of rotatable bonds is 8. The average molecular weight is 496 g/mol. The summed E-state index contributed by atoms with van der Waals surface area (Å²) in [5, 5.41) is 2.63. The molecule has 0 bridgehead atoms. The zero-order valence-electron chi connectivity index (χ0n) is 18.7. The molecule has 1 aliphatic rings. The van der Waals surface area contributed by atoms with Gasteiger partial charge in [-0.3, -0.25) is 9.10 Å². The van der Waals surface area contributed by atoms with Gasteiger partial charge < -0.3 is 10.1 Å². The van der Waals surface area contributed by atoms with Gasteiger partial charge in [-0.05, 0) is 49.2 Å². The van der Waals surface area contributed by atoms with E-state index < -0.39 is 32.5 Å². The van der Waals surface area contributed by atoms with Gasteiger partial charge in [0.15, 0.2) is 0 Å². The van der Waals surface area contributed by atoms with E-state index in [1.165, 1.54) is 35.7 Å². The summed E-state index contributed by atoms with van der Waals surface area (Å²) in [5.74, 6) is -0.256. The second kappa shape index (κ2) is 10.5. The SMILES string of the molecule is COc1ccccc1N(CC(=O)Nc1ccc(S(=O)(=O)N2CCCCCC2)cc1)S(C)(=O)=O. The Morgan fingerprint density at radius 3 is 2.15 bits per heavy atom. The Hall–Kier alpha value is -2.63. The molecule has 11 heteroatoms. The van der Waals surface area contributed by atoms with E-state index in [2.05, 4.69) is 5.32 Å². The van der Waals surface area contributed by atoms with Crippen LogP contribution in [0.4, 0.5) is 11.4 Å². The van der Waals surface area contributed by atoms with Crippen LogP contribution >= 0.6 is 0 Å². The number of hydrogen-bond donors (Lipinski definition) is 1. The first-order valence-corrected chi connectivity index (χ1v) is 13.9. The van der Waals surface area contributed by atoms with Gasteiger partial charge in [0.2, 0.25) is 26.0 Å². The number of nitrogens with one attached hydrogen (secondary N) is 1. The largest absolute Gasteiger partial charge is 0.495 e. The summed E-state index contributed by atoms with van der Waals surface area (Å²) < 4.78 is 58.2. The van der Waals surface area contributed by atoms with Crippen molar-refractivity contribution in [1.29, 1.82) is 0 Å². The number of benzene rings is 2. The second-order valence-electron chi connectivity index (χ2n) is 7.83. The molecule has 33 heavy (non-hydrogen) atoms. The van der Waals surface area contributed by atoms with Crippen molar-refractivity contribution < 1.29 is 26.4 Å². The third kappa shape index (κ3) is 6.24. The van der Waals surface area contributed by atoms with E-state index in [-0.39, 0.29) is 10.6 Å². The Bertz CT molecular complexity index is 1170. The Labute approximate surface area is 195 Å². The van der Waals surface area contributed by atoms with E-state index in [0.717, 1.165) is 36.2 Å². The first-order valence-electron chi connectivity index (χ1n) is 10.6. The predicted octanol–water partition coefficient (Wildman–Crippen LogP) is 2.66. The number of carbonyl (C=O) groups excluding carboxylic acids is 1. The molecule has 2 aromatic carbocycles. The summed E-state index contributed by atoms with van der Waals surface area (Å²) in [6.07, 6.45) is 4.74. The van der Waals surface area contributed by atoms with Crippen LogP contribution < -0.4 is 14.4 Å². The van der Waals surface area contributed by atoms with Gasteiger partial charge >= 0.3 is 0 Å². The first kappa shape index (κ1) is 25.0. The summed E-state index contributed by atoms with van der Waals surface area (Å²) in [4.78, 5) is 12.8. The molecule has 0 saturated carbocycles. The maximum absolute atomic E-state index is 12.9. The van der Waals surface area contributed by atoms with Crippen molar-refractivity contribution in [2.75, 3.05) is 42.6 Å². The molecule has 9 nitrogen and oxygen atoms in total. The molecule has 0 spiro atoms. The Balaban J connectivity index is 1.73. The van der Waals surface area contributed by atoms with E-state index >= 15 is 0 Å². The lowest BCUT2D eigenvalue weighted by molar-refractivity contribution is -0.114. The quantitative estimate of drug-likeness (QED) is 0.602. The molecule has 1 amide bonds. The number of amides is 1. The van der Waals surface area contributed by atoms with Crippen molar-refractivity contribution in [3.63, 3.8) is 0 Å². The summed E-state index contributed by atoms with van der Waals surface area (Å²) in [5.41, 5.74) is 0.611. The highest BCUT2D eigenvalue weighted by Crippen LogP contribution is 2.29. The molecule has 0 atom stereocenters. The minimum atomic E-state index is -3.77. The standard InChI is InChI=1S/C22H29N3O6S2/c1-31-21-10-6-5-9-20(21)25(32(2,27)28)17-22(26)23-18-11-13-19(14-12-18)33(29,30)24-15-7-3-4-8-16-24/h5-6,9-14H,3-4,7-8,15-17H2,1-2H3,(H,23,26). The third-order valence-electron chi connectivity index (χ3n) is 5.38. The second-order valence-corrected chi connectivity index (χ2v) is 11.7. The maximum atomic E-state index is 12.9. The summed E-state index contributed by atoms with van der Waals surface area (Å²) >= 11 is 0. The van der Waals surface area contributed by atoms with Crippen LogP contribution in [0.1, 0.15) is 25.7 Å². The molecule has 1 N–H and O–H groups in total. The molecular weight excluding hydrogens is 466 g/mol. The number of ether oxygens (including phenoxy) is 1. The number of nitrogens with zero attached hydrogens (tertiary/aromatic N) is 2. The highest BCUT2D eigenvalue weighted by Gasteiger charge is 2.26. The highest BCUT2D eigenvalue weighted by molar-refractivity contribution is 7.92. The number of para-hydroxylation sites is 2. The van der Waals surface area contributed by atoms with Crippen molar-refractivity contribution >= 4 is 37.3 Å². The van der Waals surface area contributed by atoms with Crippen LogP contribution in [0.3, 0.4) is 0 Å². The van der Waals surface area contributed by atoms with Gasteiger partial charge in [0.1, 0.15) is 12.3 Å². The van der Waals surface area contributed by atoms with Gasteiger partial charge in [-0.25, -0.2) is 16.8 Å². The minimum absolute atomic E-state index is 0.161. The minimum Gasteiger partial charge on any atom is -0.495 e. The molecule has 1 saturated heterocycles. The zero-order valence-corrected chi connectivity index (χ0v) is 20.4. The van der Waals surface area contributed by atoms with Gasteiger partial charge in [0.25, 0.3) is 0 Å². The van der Waals surface area contributed by atoms with Gasteiger partial charge in [-0.1, -0.05) is 25.0 Å². The van der Waals surface area contributed by atoms with Crippen molar-refractivity contribution in [2.45, 2.75) is 30.6 Å². The third-order valence-corrected chi connectivity index (χ3v) is 8.42.